The molecule has 2 heterocycles. The minimum absolute atomic E-state index is 0.173. The highest BCUT2D eigenvalue weighted by Gasteiger charge is 2.41. The van der Waals surface area contributed by atoms with Crippen LogP contribution < -0.4 is 24.4 Å². The predicted molar refractivity (Wildman–Crippen MR) is 129 cm³/mol. The van der Waals surface area contributed by atoms with Crippen LogP contribution in [-0.2, 0) is 9.59 Å². The number of hydrogen-bond donors (Lipinski definition) is 1. The zero-order valence-electron chi connectivity index (χ0n) is 19.2. The first kappa shape index (κ1) is 21.6. The number of ether oxygens (including phenoxy) is 3. The summed E-state index contributed by atoms with van der Waals surface area (Å²) >= 11 is 0. The largest absolute Gasteiger partial charge is 0.496 e. The molecule has 2 amide bonds. The molecule has 0 saturated carbocycles. The Morgan fingerprint density at radius 2 is 1.65 bits per heavy atom. The Labute approximate surface area is 197 Å². The van der Waals surface area contributed by atoms with Crippen LogP contribution in [0.2, 0.25) is 0 Å². The highest BCUT2D eigenvalue weighted by Crippen LogP contribution is 2.39. The Bertz CT molecular complexity index is 1340. The van der Waals surface area contributed by atoms with E-state index in [9.17, 15) is 9.59 Å². The van der Waals surface area contributed by atoms with Crippen molar-refractivity contribution in [3.8, 4) is 17.2 Å². The van der Waals surface area contributed by atoms with Gasteiger partial charge in [0.15, 0.2) is 11.5 Å². The zero-order chi connectivity index (χ0) is 23.8. The third-order valence-electron chi connectivity index (χ3n) is 5.88. The number of hydrogen-bond acceptors (Lipinski definition) is 6. The van der Waals surface area contributed by atoms with Crippen LogP contribution in [-0.4, -0.2) is 32.1 Å². The number of para-hydroxylation sites is 1. The van der Waals surface area contributed by atoms with Crippen molar-refractivity contribution in [1.29, 1.82) is 0 Å². The molecule has 7 heteroatoms. The first-order valence-corrected chi connectivity index (χ1v) is 11.0. The van der Waals surface area contributed by atoms with Crippen LogP contribution in [0.1, 0.15) is 16.7 Å². The quantitative estimate of drug-likeness (QED) is 0.571. The fourth-order valence-electron chi connectivity index (χ4n) is 4.19. The number of benzene rings is 3. The molecule has 0 bridgehead atoms. The zero-order valence-corrected chi connectivity index (χ0v) is 19.2. The number of carbonyl (C=O) groups excluding carboxylic acids is 2. The van der Waals surface area contributed by atoms with Crippen molar-refractivity contribution in [3.05, 3.63) is 83.1 Å². The van der Waals surface area contributed by atoms with Gasteiger partial charge in [0.1, 0.15) is 24.7 Å². The molecule has 0 fully saturated rings. The van der Waals surface area contributed by atoms with Gasteiger partial charge in [0.2, 0.25) is 0 Å². The summed E-state index contributed by atoms with van der Waals surface area (Å²) in [5, 5.41) is 3.18. The van der Waals surface area contributed by atoms with Crippen molar-refractivity contribution in [2.75, 3.05) is 30.5 Å². The fraction of sp³-hybridized carbons (Fsp3) is 0.185. The van der Waals surface area contributed by atoms with E-state index in [1.165, 1.54) is 12.0 Å². The minimum Gasteiger partial charge on any atom is -0.496 e. The molecule has 3 aromatic carbocycles. The standard InChI is InChI=1S/C27H24N2O5/c1-16-8-9-17(2)20(14-16)29-26(30)24(19-6-4-5-7-21(19)32-3)25(27(29)31)28-18-10-11-22-23(15-18)34-13-12-33-22/h4-11,14-15,28H,12-13H2,1-3H3. The van der Waals surface area contributed by atoms with Crippen molar-refractivity contribution >= 4 is 28.8 Å². The average molecular weight is 456 g/mol. The second-order valence-electron chi connectivity index (χ2n) is 8.17. The monoisotopic (exact) mass is 456 g/mol. The number of nitrogens with one attached hydrogen (secondary N) is 1. The third-order valence-corrected chi connectivity index (χ3v) is 5.88. The lowest BCUT2D eigenvalue weighted by atomic mass is 10.0. The summed E-state index contributed by atoms with van der Waals surface area (Å²) in [5.41, 5.74) is 3.90. The molecule has 3 aromatic rings. The molecular weight excluding hydrogens is 432 g/mol. The van der Waals surface area contributed by atoms with Gasteiger partial charge in [-0.2, -0.15) is 0 Å². The normalized spacial score (nSPS) is 15.1. The van der Waals surface area contributed by atoms with Gasteiger partial charge in [-0.05, 0) is 49.2 Å². The highest BCUT2D eigenvalue weighted by atomic mass is 16.6. The first-order valence-electron chi connectivity index (χ1n) is 11.0. The summed E-state index contributed by atoms with van der Waals surface area (Å²) in [5.74, 6) is 0.876. The maximum absolute atomic E-state index is 13.8. The van der Waals surface area contributed by atoms with Crippen molar-refractivity contribution in [2.24, 2.45) is 0 Å². The Balaban J connectivity index is 1.64. The maximum atomic E-state index is 13.8. The van der Waals surface area contributed by atoms with Crippen LogP contribution >= 0.6 is 0 Å². The van der Waals surface area contributed by atoms with Gasteiger partial charge >= 0.3 is 0 Å². The van der Waals surface area contributed by atoms with E-state index in [2.05, 4.69) is 5.32 Å². The molecule has 0 atom stereocenters. The average Bonchev–Trinajstić information content (AvgIpc) is 3.09. The molecule has 0 radical (unpaired) electrons. The van der Waals surface area contributed by atoms with Gasteiger partial charge in [0.05, 0.1) is 18.4 Å². The van der Waals surface area contributed by atoms with Crippen molar-refractivity contribution in [3.63, 3.8) is 0 Å². The maximum Gasteiger partial charge on any atom is 0.282 e. The molecule has 0 aromatic heterocycles. The van der Waals surface area contributed by atoms with E-state index in [0.29, 0.717) is 47.4 Å². The van der Waals surface area contributed by atoms with Crippen LogP contribution in [0.25, 0.3) is 5.57 Å². The predicted octanol–water partition coefficient (Wildman–Crippen LogP) is 4.48. The lowest BCUT2D eigenvalue weighted by Gasteiger charge is -2.20. The summed E-state index contributed by atoms with van der Waals surface area (Å²) in [7, 11) is 1.54. The molecule has 172 valence electrons. The van der Waals surface area contributed by atoms with Crippen LogP contribution in [0.3, 0.4) is 0 Å². The van der Waals surface area contributed by atoms with Gasteiger partial charge in [-0.15, -0.1) is 0 Å². The molecule has 7 nitrogen and oxygen atoms in total. The Hall–Kier alpha value is -4.26. The summed E-state index contributed by atoms with van der Waals surface area (Å²) in [6.07, 6.45) is 0. The summed E-state index contributed by atoms with van der Waals surface area (Å²) in [6.45, 7) is 4.74. The Morgan fingerprint density at radius 3 is 2.44 bits per heavy atom. The smallest absolute Gasteiger partial charge is 0.282 e. The number of aryl methyl sites for hydroxylation is 2. The molecule has 0 saturated heterocycles. The van der Waals surface area contributed by atoms with Gasteiger partial charge in [0, 0.05) is 17.3 Å². The van der Waals surface area contributed by atoms with E-state index in [1.807, 2.05) is 44.2 Å². The van der Waals surface area contributed by atoms with Crippen LogP contribution in [0.15, 0.2) is 66.4 Å². The number of rotatable bonds is 5. The van der Waals surface area contributed by atoms with Crippen molar-refractivity contribution in [1.82, 2.24) is 0 Å². The lowest BCUT2D eigenvalue weighted by molar-refractivity contribution is -0.120. The van der Waals surface area contributed by atoms with Crippen molar-refractivity contribution < 1.29 is 23.8 Å². The topological polar surface area (TPSA) is 77.1 Å². The SMILES string of the molecule is COc1ccccc1C1=C(Nc2ccc3c(c2)OCCO3)C(=O)N(c2cc(C)ccc2C)C1=O. The number of methoxy groups -OCH3 is 1. The molecule has 0 unspecified atom stereocenters. The molecular formula is C27H24N2O5. The third kappa shape index (κ3) is 3.65. The van der Waals surface area contributed by atoms with Gasteiger partial charge in [-0.3, -0.25) is 9.59 Å². The van der Waals surface area contributed by atoms with E-state index in [4.69, 9.17) is 14.2 Å². The molecule has 0 aliphatic carbocycles. The second-order valence-corrected chi connectivity index (χ2v) is 8.17. The molecule has 0 spiro atoms. The number of carbonyl (C=O) groups is 2. The number of amides is 2. The van der Waals surface area contributed by atoms with E-state index < -0.39 is 11.8 Å². The number of fused-ring (bicyclic) bond motifs is 1. The fourth-order valence-corrected chi connectivity index (χ4v) is 4.19. The van der Waals surface area contributed by atoms with Crippen LogP contribution in [0.4, 0.5) is 11.4 Å². The van der Waals surface area contributed by atoms with E-state index >= 15 is 0 Å². The summed E-state index contributed by atoms with van der Waals surface area (Å²) in [6, 6.07) is 18.2. The van der Waals surface area contributed by atoms with Gasteiger partial charge in [0.25, 0.3) is 11.8 Å². The summed E-state index contributed by atoms with van der Waals surface area (Å²) in [4.78, 5) is 28.8. The summed E-state index contributed by atoms with van der Waals surface area (Å²) < 4.78 is 16.8. The van der Waals surface area contributed by atoms with Crippen LogP contribution in [0.5, 0.6) is 17.2 Å². The Kier molecular flexibility index (Phi) is 5.45. The van der Waals surface area contributed by atoms with Gasteiger partial charge < -0.3 is 19.5 Å². The first-order chi connectivity index (χ1) is 16.5. The van der Waals surface area contributed by atoms with E-state index in [1.54, 1.807) is 30.3 Å². The Morgan fingerprint density at radius 1 is 0.882 bits per heavy atom. The van der Waals surface area contributed by atoms with Gasteiger partial charge in [-0.1, -0.05) is 30.3 Å². The molecule has 2 aliphatic heterocycles. The molecule has 34 heavy (non-hydrogen) atoms. The highest BCUT2D eigenvalue weighted by molar-refractivity contribution is 6.46. The number of anilines is 2. The van der Waals surface area contributed by atoms with Crippen molar-refractivity contribution in [2.45, 2.75) is 13.8 Å². The van der Waals surface area contributed by atoms with E-state index in [-0.39, 0.29) is 11.3 Å². The number of nitrogens with zero attached hydrogens (tertiary/aromatic N) is 1. The molecule has 5 rings (SSSR count). The molecule has 1 N–H and O–H groups in total. The van der Waals surface area contributed by atoms with Crippen LogP contribution in [0, 0.1) is 13.8 Å². The molecule has 2 aliphatic rings. The minimum atomic E-state index is -0.436. The van der Waals surface area contributed by atoms with Gasteiger partial charge in [-0.25, -0.2) is 4.90 Å². The lowest BCUT2D eigenvalue weighted by Crippen LogP contribution is -2.33. The van der Waals surface area contributed by atoms with E-state index in [0.717, 1.165) is 11.1 Å². The second kappa shape index (κ2) is 8.59. The number of imide groups is 1.